The number of hydrogen-bond acceptors (Lipinski definition) is 4. The van der Waals surface area contributed by atoms with Crippen LogP contribution in [0.25, 0.3) is 0 Å². The van der Waals surface area contributed by atoms with E-state index in [0.29, 0.717) is 12.6 Å². The molecule has 23 heavy (non-hydrogen) atoms. The molecular weight excluding hydrogens is 405 g/mol. The van der Waals surface area contributed by atoms with Gasteiger partial charge in [-0.05, 0) is 27.3 Å². The van der Waals surface area contributed by atoms with Crippen LogP contribution in [0.1, 0.15) is 27.7 Å². The standard InChI is InChI=1S/C16H35N5O.HI/c1-6-17-16(19-14(3)13-22-5)18-12-15(4)21-10-8-20(7-2)9-11-21;/h14-15H,6-13H2,1-5H3,(H2,17,18,19);1H. The van der Waals surface area contributed by atoms with E-state index in [-0.39, 0.29) is 30.0 Å². The molecule has 7 heteroatoms. The second kappa shape index (κ2) is 13.2. The van der Waals surface area contributed by atoms with Gasteiger partial charge in [-0.2, -0.15) is 0 Å². The summed E-state index contributed by atoms with van der Waals surface area (Å²) in [4.78, 5) is 9.78. The molecule has 0 aromatic rings. The Morgan fingerprint density at radius 2 is 1.83 bits per heavy atom. The van der Waals surface area contributed by atoms with Crippen LogP contribution in [-0.2, 0) is 4.74 Å². The minimum absolute atomic E-state index is 0. The summed E-state index contributed by atoms with van der Waals surface area (Å²) in [6.45, 7) is 16.9. The van der Waals surface area contributed by atoms with E-state index in [1.807, 2.05) is 0 Å². The molecule has 1 fully saturated rings. The monoisotopic (exact) mass is 441 g/mol. The zero-order valence-electron chi connectivity index (χ0n) is 15.5. The average Bonchev–Trinajstić information content (AvgIpc) is 2.53. The highest BCUT2D eigenvalue weighted by molar-refractivity contribution is 14.0. The molecule has 1 aliphatic heterocycles. The molecule has 2 unspecified atom stereocenters. The van der Waals surface area contributed by atoms with E-state index in [1.165, 1.54) is 13.1 Å². The van der Waals surface area contributed by atoms with Crippen LogP contribution in [0.4, 0.5) is 0 Å². The summed E-state index contributed by atoms with van der Waals surface area (Å²) in [5.41, 5.74) is 0. The maximum atomic E-state index is 5.17. The number of ether oxygens (including phenoxy) is 1. The molecule has 0 aromatic heterocycles. The normalized spacial score (nSPS) is 19.8. The molecule has 6 nitrogen and oxygen atoms in total. The van der Waals surface area contributed by atoms with E-state index in [1.54, 1.807) is 7.11 Å². The first-order chi connectivity index (χ1) is 10.6. The van der Waals surface area contributed by atoms with Gasteiger partial charge < -0.3 is 20.3 Å². The minimum Gasteiger partial charge on any atom is -0.383 e. The highest BCUT2D eigenvalue weighted by atomic mass is 127. The molecule has 1 heterocycles. The molecule has 0 spiro atoms. The fraction of sp³-hybridized carbons (Fsp3) is 0.938. The molecule has 0 aliphatic carbocycles. The average molecular weight is 441 g/mol. The fourth-order valence-electron chi connectivity index (χ4n) is 2.70. The van der Waals surface area contributed by atoms with Gasteiger partial charge in [0.05, 0.1) is 13.2 Å². The number of nitrogens with zero attached hydrogens (tertiary/aromatic N) is 3. The van der Waals surface area contributed by atoms with Crippen LogP contribution >= 0.6 is 24.0 Å². The summed E-state index contributed by atoms with van der Waals surface area (Å²) < 4.78 is 5.17. The smallest absolute Gasteiger partial charge is 0.191 e. The maximum Gasteiger partial charge on any atom is 0.191 e. The third kappa shape index (κ3) is 9.07. The van der Waals surface area contributed by atoms with Crippen molar-refractivity contribution < 1.29 is 4.74 Å². The summed E-state index contributed by atoms with van der Waals surface area (Å²) in [5.74, 6) is 0.881. The number of nitrogens with one attached hydrogen (secondary N) is 2. The molecule has 1 aliphatic rings. The second-order valence-electron chi connectivity index (χ2n) is 6.04. The number of hydrogen-bond donors (Lipinski definition) is 2. The first-order valence-electron chi connectivity index (χ1n) is 8.60. The number of aliphatic imine (C=N–C) groups is 1. The van der Waals surface area contributed by atoms with Crippen molar-refractivity contribution in [2.45, 2.75) is 39.8 Å². The van der Waals surface area contributed by atoms with Crippen molar-refractivity contribution in [3.8, 4) is 0 Å². The van der Waals surface area contributed by atoms with E-state index < -0.39 is 0 Å². The lowest BCUT2D eigenvalue weighted by Gasteiger charge is -2.37. The Morgan fingerprint density at radius 3 is 2.35 bits per heavy atom. The van der Waals surface area contributed by atoms with Crippen molar-refractivity contribution in [2.24, 2.45) is 4.99 Å². The van der Waals surface area contributed by atoms with E-state index in [0.717, 1.165) is 38.7 Å². The number of methoxy groups -OCH3 is 1. The van der Waals surface area contributed by atoms with Crippen molar-refractivity contribution in [3.63, 3.8) is 0 Å². The van der Waals surface area contributed by atoms with Crippen LogP contribution in [0.2, 0.25) is 0 Å². The van der Waals surface area contributed by atoms with E-state index in [2.05, 4.69) is 48.1 Å². The predicted molar refractivity (Wildman–Crippen MR) is 109 cm³/mol. The van der Waals surface area contributed by atoms with Gasteiger partial charge in [0, 0.05) is 51.9 Å². The first-order valence-corrected chi connectivity index (χ1v) is 8.60. The van der Waals surface area contributed by atoms with Crippen LogP contribution < -0.4 is 10.6 Å². The van der Waals surface area contributed by atoms with Gasteiger partial charge in [-0.3, -0.25) is 9.89 Å². The van der Waals surface area contributed by atoms with Crippen LogP contribution in [0.5, 0.6) is 0 Å². The third-order valence-corrected chi connectivity index (χ3v) is 4.14. The zero-order chi connectivity index (χ0) is 16.4. The molecule has 0 saturated carbocycles. The molecule has 138 valence electrons. The number of piperazine rings is 1. The summed E-state index contributed by atoms with van der Waals surface area (Å²) in [6, 6.07) is 0.735. The van der Waals surface area contributed by atoms with Crippen molar-refractivity contribution in [3.05, 3.63) is 0 Å². The Balaban J connectivity index is 0.00000484. The Hall–Kier alpha value is -0.120. The van der Waals surface area contributed by atoms with Gasteiger partial charge in [-0.25, -0.2) is 0 Å². The van der Waals surface area contributed by atoms with E-state index in [4.69, 9.17) is 9.73 Å². The molecule has 1 saturated heterocycles. The third-order valence-electron chi connectivity index (χ3n) is 4.14. The highest BCUT2D eigenvalue weighted by Gasteiger charge is 2.19. The van der Waals surface area contributed by atoms with Crippen molar-refractivity contribution in [1.82, 2.24) is 20.4 Å². The Kier molecular flexibility index (Phi) is 13.1. The zero-order valence-corrected chi connectivity index (χ0v) is 17.8. The van der Waals surface area contributed by atoms with Gasteiger partial charge >= 0.3 is 0 Å². The predicted octanol–water partition coefficient (Wildman–Crippen LogP) is 1.22. The lowest BCUT2D eigenvalue weighted by atomic mass is 10.2. The molecule has 2 atom stereocenters. The van der Waals surface area contributed by atoms with Crippen molar-refractivity contribution in [1.29, 1.82) is 0 Å². The van der Waals surface area contributed by atoms with E-state index in [9.17, 15) is 0 Å². The fourth-order valence-corrected chi connectivity index (χ4v) is 2.70. The maximum absolute atomic E-state index is 5.17. The number of halogens is 1. The minimum atomic E-state index is 0. The highest BCUT2D eigenvalue weighted by Crippen LogP contribution is 2.06. The summed E-state index contributed by atoms with van der Waals surface area (Å²) in [7, 11) is 1.72. The molecule has 0 amide bonds. The topological polar surface area (TPSA) is 52.1 Å². The van der Waals surface area contributed by atoms with Crippen LogP contribution in [0.3, 0.4) is 0 Å². The Bertz CT molecular complexity index is 322. The van der Waals surface area contributed by atoms with Gasteiger partial charge in [0.25, 0.3) is 0 Å². The molecule has 0 radical (unpaired) electrons. The number of rotatable bonds is 8. The van der Waals surface area contributed by atoms with Gasteiger partial charge in [0.2, 0.25) is 0 Å². The van der Waals surface area contributed by atoms with Gasteiger partial charge in [-0.15, -0.1) is 24.0 Å². The van der Waals surface area contributed by atoms with Gasteiger partial charge in [0.1, 0.15) is 0 Å². The van der Waals surface area contributed by atoms with Crippen molar-refractivity contribution in [2.75, 3.05) is 59.5 Å². The Labute approximate surface area is 159 Å². The second-order valence-corrected chi connectivity index (χ2v) is 6.04. The molecular formula is C16H36IN5O. The lowest BCUT2D eigenvalue weighted by Crippen LogP contribution is -2.50. The van der Waals surface area contributed by atoms with Gasteiger partial charge in [0.15, 0.2) is 5.96 Å². The lowest BCUT2D eigenvalue weighted by molar-refractivity contribution is 0.109. The largest absolute Gasteiger partial charge is 0.383 e. The number of guanidine groups is 1. The summed E-state index contributed by atoms with van der Waals surface area (Å²) in [5, 5.41) is 6.68. The van der Waals surface area contributed by atoms with E-state index >= 15 is 0 Å². The number of likely N-dealkylation sites (N-methyl/N-ethyl adjacent to an activating group) is 1. The molecule has 0 aromatic carbocycles. The van der Waals surface area contributed by atoms with Crippen molar-refractivity contribution >= 4 is 29.9 Å². The quantitative estimate of drug-likeness (QED) is 0.337. The molecule has 0 bridgehead atoms. The SMILES string of the molecule is CCNC(=NCC(C)N1CCN(CC)CC1)NC(C)COC.I. The molecule has 2 N–H and O–H groups in total. The van der Waals surface area contributed by atoms with Crippen LogP contribution in [-0.4, -0.2) is 87.4 Å². The summed E-state index contributed by atoms with van der Waals surface area (Å²) >= 11 is 0. The van der Waals surface area contributed by atoms with Gasteiger partial charge in [-0.1, -0.05) is 6.92 Å². The Morgan fingerprint density at radius 1 is 1.17 bits per heavy atom. The van der Waals surface area contributed by atoms with Crippen LogP contribution in [0.15, 0.2) is 4.99 Å². The van der Waals surface area contributed by atoms with Crippen LogP contribution in [0, 0.1) is 0 Å². The first kappa shape index (κ1) is 22.9. The molecule has 1 rings (SSSR count). The summed E-state index contributed by atoms with van der Waals surface area (Å²) in [6.07, 6.45) is 0.